The first-order valence-electron chi connectivity index (χ1n) is 14.6. The van der Waals surface area contributed by atoms with Gasteiger partial charge in [-0.25, -0.2) is 19.1 Å². The summed E-state index contributed by atoms with van der Waals surface area (Å²) in [7, 11) is 1.62. The number of carboxylic acids is 2. The summed E-state index contributed by atoms with van der Waals surface area (Å²) >= 11 is 2.41. The molecule has 2 aromatic carbocycles. The molecule has 51 heavy (non-hydrogen) atoms. The SMILES string of the molecule is Cn1nnnc1SCC1=C(C(=O)O)N2C(=O)[C@@H](NC(=O)C(NC(=O)c3cc4cc(O)c(O)cc4oc3=O)c3ccc(OCC(=O)O)cc3)[C@H]2SC1. The number of amides is 3. The number of aliphatic carboxylic acids is 2. The Balaban J connectivity index is 1.24. The van der Waals surface area contributed by atoms with Crippen LogP contribution < -0.4 is 21.0 Å². The number of fused-ring (bicyclic) bond motifs is 2. The highest BCUT2D eigenvalue weighted by molar-refractivity contribution is 8.01. The molecule has 0 radical (unpaired) electrons. The maximum Gasteiger partial charge on any atom is 0.352 e. The minimum Gasteiger partial charge on any atom is -0.504 e. The first kappa shape index (κ1) is 34.8. The summed E-state index contributed by atoms with van der Waals surface area (Å²) in [5.74, 6) is -5.82. The van der Waals surface area contributed by atoms with E-state index in [4.69, 9.17) is 14.3 Å². The zero-order valence-corrected chi connectivity index (χ0v) is 27.6. The van der Waals surface area contributed by atoms with Gasteiger partial charge in [-0.1, -0.05) is 23.9 Å². The van der Waals surface area contributed by atoms with Gasteiger partial charge in [0.05, 0.1) is 0 Å². The van der Waals surface area contributed by atoms with Crippen LogP contribution in [-0.2, 0) is 26.2 Å². The van der Waals surface area contributed by atoms with Crippen molar-refractivity contribution < 1.29 is 53.6 Å². The molecular weight excluding hydrogens is 715 g/mol. The van der Waals surface area contributed by atoms with Crippen molar-refractivity contribution in [1.82, 2.24) is 35.7 Å². The van der Waals surface area contributed by atoms with Crippen molar-refractivity contribution >= 4 is 64.2 Å². The fourth-order valence-electron chi connectivity index (χ4n) is 5.24. The average molecular weight is 740 g/mol. The third-order valence-corrected chi connectivity index (χ3v) is 10.1. The molecule has 4 aromatic rings. The second kappa shape index (κ2) is 14.0. The summed E-state index contributed by atoms with van der Waals surface area (Å²) in [6.07, 6.45) is 0. The Hall–Kier alpha value is -6.09. The molecular formula is C30H25N7O12S2. The Labute approximate surface area is 293 Å². The van der Waals surface area contributed by atoms with Crippen LogP contribution in [0, 0.1) is 0 Å². The maximum atomic E-state index is 13.8. The van der Waals surface area contributed by atoms with Crippen molar-refractivity contribution in [2.24, 2.45) is 7.05 Å². The molecule has 264 valence electrons. The van der Waals surface area contributed by atoms with Gasteiger partial charge in [0.25, 0.3) is 11.8 Å². The topological polar surface area (TPSA) is 277 Å². The highest BCUT2D eigenvalue weighted by atomic mass is 32.2. The molecule has 3 atom stereocenters. The van der Waals surface area contributed by atoms with Crippen molar-refractivity contribution in [3.8, 4) is 17.2 Å². The number of aryl methyl sites for hydroxylation is 1. The highest BCUT2D eigenvalue weighted by Gasteiger charge is 2.54. The molecule has 6 N–H and O–H groups in total. The van der Waals surface area contributed by atoms with Gasteiger partial charge in [-0.3, -0.25) is 19.3 Å². The van der Waals surface area contributed by atoms with Gasteiger partial charge in [0.1, 0.15) is 40.1 Å². The van der Waals surface area contributed by atoms with Crippen LogP contribution in [0.5, 0.6) is 17.2 Å². The Morgan fingerprint density at radius 3 is 2.49 bits per heavy atom. The van der Waals surface area contributed by atoms with Crippen molar-refractivity contribution in [1.29, 1.82) is 0 Å². The number of carboxylic acid groups (broad SMARTS) is 2. The number of aromatic nitrogens is 4. The fraction of sp³-hybridized carbons (Fsp3) is 0.233. The number of rotatable bonds is 12. The number of aromatic hydroxyl groups is 2. The van der Waals surface area contributed by atoms with E-state index in [1.807, 2.05) is 0 Å². The molecule has 2 aliphatic heterocycles. The quantitative estimate of drug-likeness (QED) is 0.0490. The molecule has 0 spiro atoms. The van der Waals surface area contributed by atoms with Crippen molar-refractivity contribution in [3.63, 3.8) is 0 Å². The van der Waals surface area contributed by atoms with Crippen LogP contribution in [0.15, 0.2) is 68.1 Å². The molecule has 21 heteroatoms. The van der Waals surface area contributed by atoms with Crippen molar-refractivity contribution in [2.45, 2.75) is 22.6 Å². The van der Waals surface area contributed by atoms with E-state index in [0.29, 0.717) is 10.7 Å². The third-order valence-electron chi connectivity index (χ3n) is 7.69. The predicted molar refractivity (Wildman–Crippen MR) is 175 cm³/mol. The van der Waals surface area contributed by atoms with Gasteiger partial charge >= 0.3 is 17.6 Å². The zero-order valence-electron chi connectivity index (χ0n) is 26.0. The van der Waals surface area contributed by atoms with Crippen LogP contribution in [0.2, 0.25) is 0 Å². The van der Waals surface area contributed by atoms with E-state index in [9.17, 15) is 44.1 Å². The van der Waals surface area contributed by atoms with Crippen LogP contribution in [-0.4, -0.2) is 105 Å². The van der Waals surface area contributed by atoms with E-state index in [1.54, 1.807) is 7.05 Å². The van der Waals surface area contributed by atoms with Crippen LogP contribution in [0.25, 0.3) is 11.0 Å². The molecule has 1 unspecified atom stereocenters. The average Bonchev–Trinajstić information content (AvgIpc) is 3.51. The summed E-state index contributed by atoms with van der Waals surface area (Å²) < 4.78 is 11.7. The van der Waals surface area contributed by atoms with Gasteiger partial charge in [0, 0.05) is 30.0 Å². The second-order valence-corrected chi connectivity index (χ2v) is 13.1. The summed E-state index contributed by atoms with van der Waals surface area (Å²) in [6, 6.07) is 5.82. The Bertz CT molecular complexity index is 2190. The monoisotopic (exact) mass is 739 g/mol. The zero-order chi connectivity index (χ0) is 36.6. The van der Waals surface area contributed by atoms with Crippen LogP contribution in [0.1, 0.15) is 22.0 Å². The number of nitrogens with zero attached hydrogens (tertiary/aromatic N) is 5. The lowest BCUT2D eigenvalue weighted by Crippen LogP contribution is -2.71. The summed E-state index contributed by atoms with van der Waals surface area (Å²) in [5, 5.41) is 54.5. The number of phenolic OH excluding ortho intramolecular Hbond substituents is 2. The van der Waals surface area contributed by atoms with E-state index >= 15 is 0 Å². The lowest BCUT2D eigenvalue weighted by atomic mass is 10.0. The van der Waals surface area contributed by atoms with Gasteiger partial charge in [0.15, 0.2) is 18.1 Å². The summed E-state index contributed by atoms with van der Waals surface area (Å²) in [6.45, 7) is -0.644. The maximum absolute atomic E-state index is 13.8. The number of thioether (sulfide) groups is 2. The minimum atomic E-state index is -1.55. The van der Waals surface area contributed by atoms with Gasteiger partial charge in [0.2, 0.25) is 11.1 Å². The molecule has 1 saturated heterocycles. The number of nitrogens with one attached hydrogen (secondary N) is 2. The molecule has 0 aliphatic carbocycles. The van der Waals surface area contributed by atoms with Gasteiger partial charge in [-0.05, 0) is 45.8 Å². The first-order valence-corrected chi connectivity index (χ1v) is 16.7. The largest absolute Gasteiger partial charge is 0.504 e. The lowest BCUT2D eigenvalue weighted by molar-refractivity contribution is -0.151. The molecule has 6 rings (SSSR count). The molecule has 2 aliphatic rings. The molecule has 2 aromatic heterocycles. The van der Waals surface area contributed by atoms with E-state index in [1.165, 1.54) is 52.5 Å². The van der Waals surface area contributed by atoms with Gasteiger partial charge < -0.3 is 40.2 Å². The van der Waals surface area contributed by atoms with Crippen molar-refractivity contribution in [3.05, 3.63) is 75.3 Å². The standard InChI is InChI=1S/C30H25N7O12S2/c1-36-30(33-34-35-36)51-11-14-10-50-27-22(26(44)37(27)23(14)28(45)46)32-25(43)21(12-2-4-15(5-3-12)48-9-20(40)41)31-24(42)16-6-13-7-17(38)18(39)8-19(13)49-29(16)47/h2-8,21-22,27,38-39H,9-11H2,1H3,(H,31,42)(H,32,43)(H,40,41)(H,45,46)/t21?,22-,27-/m1/s1. The molecule has 1 fully saturated rings. The van der Waals surface area contributed by atoms with E-state index in [0.717, 1.165) is 23.1 Å². The van der Waals surface area contributed by atoms with Crippen LogP contribution >= 0.6 is 23.5 Å². The van der Waals surface area contributed by atoms with E-state index in [-0.39, 0.29) is 39.5 Å². The predicted octanol–water partition coefficient (Wildman–Crippen LogP) is 0.193. The number of hydrogen-bond acceptors (Lipinski definition) is 15. The number of tetrazole rings is 1. The minimum absolute atomic E-state index is 0.0822. The number of carbonyl (C=O) groups is 5. The molecule has 4 heterocycles. The van der Waals surface area contributed by atoms with Crippen LogP contribution in [0.4, 0.5) is 0 Å². The number of carbonyl (C=O) groups excluding carboxylic acids is 3. The van der Waals surface area contributed by atoms with Gasteiger partial charge in [-0.2, -0.15) is 0 Å². The number of hydrogen-bond donors (Lipinski definition) is 6. The van der Waals surface area contributed by atoms with E-state index < -0.39 is 76.4 Å². The Kier molecular flexibility index (Phi) is 9.56. The third kappa shape index (κ3) is 7.01. The smallest absolute Gasteiger partial charge is 0.352 e. The second-order valence-electron chi connectivity index (χ2n) is 11.0. The fourth-order valence-corrected chi connectivity index (χ4v) is 7.57. The first-order chi connectivity index (χ1) is 24.3. The normalized spacial score (nSPS) is 17.4. The molecule has 3 amide bonds. The van der Waals surface area contributed by atoms with Crippen molar-refractivity contribution in [2.75, 3.05) is 18.1 Å². The highest BCUT2D eigenvalue weighted by Crippen LogP contribution is 2.41. The molecule has 0 bridgehead atoms. The lowest BCUT2D eigenvalue weighted by Gasteiger charge is -2.49. The van der Waals surface area contributed by atoms with E-state index in [2.05, 4.69) is 26.2 Å². The summed E-state index contributed by atoms with van der Waals surface area (Å²) in [5.41, 5.74) is -1.44. The molecule has 0 saturated carbocycles. The Morgan fingerprint density at radius 1 is 1.10 bits per heavy atom. The summed E-state index contributed by atoms with van der Waals surface area (Å²) in [4.78, 5) is 77.7. The Morgan fingerprint density at radius 2 is 1.82 bits per heavy atom. The van der Waals surface area contributed by atoms with Crippen LogP contribution in [0.3, 0.4) is 0 Å². The number of benzene rings is 2. The number of β-lactam (4-membered cyclic amide) rings is 1. The number of ether oxygens (including phenoxy) is 1. The molecule has 19 nitrogen and oxygen atoms in total. The number of phenols is 2. The van der Waals surface area contributed by atoms with Gasteiger partial charge in [-0.15, -0.1) is 16.9 Å².